The fourth-order valence-corrected chi connectivity index (χ4v) is 5.52. The van der Waals surface area contributed by atoms with Crippen molar-refractivity contribution in [3.05, 3.63) is 188 Å². The molecule has 2 aliphatic rings. The maximum atomic E-state index is 15.4. The average molecular weight is 880 g/mol. The van der Waals surface area contributed by atoms with E-state index in [9.17, 15) is 52.7 Å². The maximum absolute atomic E-state index is 15.4. The van der Waals surface area contributed by atoms with Gasteiger partial charge in [-0.25, -0.2) is 87.8 Å². The molecule has 2 aliphatic carbocycles. The standard InChI is InChI=1S/C24BF20.2C5H5.CH3.Fe/c26-5-1(6(27)14(35)21(42)13(5)34)25(2-7(28)15(36)22(43)16(37)8(2)29,3-9(30)17(38)23(44)18(39)10(3)31)4-11(32)19(40)24(45)20(41)12(4)33;2*1-2-4-5-3-1;;/h;2*1-5H;1H3;/q-1;;;-1;+4. The molecule has 0 aliphatic heterocycles. The number of rotatable bonds is 4. The molecule has 57 heavy (non-hydrogen) atoms. The van der Waals surface area contributed by atoms with E-state index in [0.29, 0.717) is 0 Å². The van der Waals surface area contributed by atoms with Crippen LogP contribution in [0.5, 0.6) is 0 Å². The first-order chi connectivity index (χ1) is 25.7. The van der Waals surface area contributed by atoms with Gasteiger partial charge < -0.3 is 7.43 Å². The zero-order valence-electron chi connectivity index (χ0n) is 27.3. The molecule has 0 nitrogen and oxygen atoms in total. The van der Waals surface area contributed by atoms with E-state index < -0.39 is 144 Å². The smallest absolute Gasteiger partial charge is 0.358 e. The molecule has 0 atom stereocenters. The molecule has 0 spiro atoms. The molecular formula is C35H13BF20Fe+2. The SMILES string of the molecule is Fc1c(F)c(F)c([B-](c2c(F)c(F)c(F)c(F)c2F)(c2c(F)c(F)c(F)c(F)c2F)c2c(F)c(F)c(F)c(F)c2F)c(F)c1F.[CH3-].[CH]1[CH][CH][CH][CH]1.[CH]1[CH][CH][CH][CH]1.[Fe+4]. The van der Waals surface area contributed by atoms with Crippen molar-refractivity contribution in [2.24, 2.45) is 0 Å². The monoisotopic (exact) mass is 880 g/mol. The zero-order valence-corrected chi connectivity index (χ0v) is 28.4. The van der Waals surface area contributed by atoms with E-state index in [1.54, 1.807) is 0 Å². The van der Waals surface area contributed by atoms with Crippen molar-refractivity contribution in [2.75, 3.05) is 0 Å². The molecule has 0 N–H and O–H groups in total. The van der Waals surface area contributed by atoms with Crippen LogP contribution in [0.4, 0.5) is 87.8 Å². The van der Waals surface area contributed by atoms with Crippen LogP contribution in [0.15, 0.2) is 0 Å². The maximum Gasteiger partial charge on any atom is 4.00 e. The van der Waals surface area contributed by atoms with Crippen LogP contribution in [-0.4, -0.2) is 6.15 Å². The summed E-state index contributed by atoms with van der Waals surface area (Å²) in [6.07, 6.45) is 12.8. The van der Waals surface area contributed by atoms with Crippen LogP contribution in [0.3, 0.4) is 0 Å². The minimum absolute atomic E-state index is 0. The van der Waals surface area contributed by atoms with Crippen LogP contribution in [0.1, 0.15) is 0 Å². The normalized spacial score (nSPS) is 13.7. The van der Waals surface area contributed by atoms with Gasteiger partial charge in [0.1, 0.15) is 52.7 Å². The molecule has 0 bridgehead atoms. The quantitative estimate of drug-likeness (QED) is 0.0637. The van der Waals surface area contributed by atoms with Gasteiger partial charge >= 0.3 is 17.1 Å². The molecule has 0 unspecified atom stereocenters. The van der Waals surface area contributed by atoms with Crippen molar-refractivity contribution in [1.29, 1.82) is 0 Å². The summed E-state index contributed by atoms with van der Waals surface area (Å²) in [6.45, 7) is 0. The fraction of sp³-hybridized carbons (Fsp3) is 0. The number of halogens is 20. The summed E-state index contributed by atoms with van der Waals surface area (Å²) in [5.74, 6) is -71.4. The van der Waals surface area contributed by atoms with Gasteiger partial charge in [-0.1, -0.05) is 0 Å². The van der Waals surface area contributed by atoms with Crippen LogP contribution in [-0.2, 0) is 17.1 Å². The summed E-state index contributed by atoms with van der Waals surface area (Å²) in [5, 5.41) is 0. The molecule has 10 radical (unpaired) electrons. The van der Waals surface area contributed by atoms with E-state index in [4.69, 9.17) is 0 Å². The molecule has 6 rings (SSSR count). The largest absolute Gasteiger partial charge is 4.00 e. The molecule has 0 heterocycles. The van der Waals surface area contributed by atoms with Crippen LogP contribution < -0.4 is 21.9 Å². The van der Waals surface area contributed by atoms with Crippen LogP contribution in [0.2, 0.25) is 0 Å². The summed E-state index contributed by atoms with van der Waals surface area (Å²) in [6, 6.07) is 0. The van der Waals surface area contributed by atoms with Crippen LogP contribution in [0.25, 0.3) is 0 Å². The van der Waals surface area contributed by atoms with E-state index in [1.165, 1.54) is 0 Å². The number of benzene rings is 4. The van der Waals surface area contributed by atoms with Crippen molar-refractivity contribution < 1.29 is 105 Å². The van der Waals surface area contributed by atoms with Gasteiger partial charge in [-0.3, -0.25) is 0 Å². The van der Waals surface area contributed by atoms with Gasteiger partial charge in [0.05, 0.1) is 0 Å². The topological polar surface area (TPSA) is 0 Å². The minimum Gasteiger partial charge on any atom is -0.358 e. The Morgan fingerprint density at radius 2 is 0.281 bits per heavy atom. The Balaban J connectivity index is 0.000000811. The molecule has 0 saturated heterocycles. The van der Waals surface area contributed by atoms with Gasteiger partial charge in [-0.05, 0) is 64.2 Å². The Kier molecular flexibility index (Phi) is 16.6. The number of hydrogen-bond donors (Lipinski definition) is 0. The molecule has 302 valence electrons. The van der Waals surface area contributed by atoms with E-state index >= 15 is 35.1 Å². The minimum atomic E-state index is -7.22. The van der Waals surface area contributed by atoms with Crippen molar-refractivity contribution in [3.63, 3.8) is 0 Å². The summed E-state index contributed by atoms with van der Waals surface area (Å²) in [5.41, 5.74) is -14.3. The summed E-state index contributed by atoms with van der Waals surface area (Å²) in [4.78, 5) is 0. The van der Waals surface area contributed by atoms with Crippen molar-refractivity contribution in [2.45, 2.75) is 0 Å². The summed E-state index contributed by atoms with van der Waals surface area (Å²) >= 11 is 0. The molecular weight excluding hydrogens is 867 g/mol. The van der Waals surface area contributed by atoms with E-state index in [-0.39, 0.29) is 24.5 Å². The van der Waals surface area contributed by atoms with Gasteiger partial charge in [-0.15, -0.1) is 21.9 Å². The van der Waals surface area contributed by atoms with Crippen molar-refractivity contribution >= 4 is 28.0 Å². The first-order valence-electron chi connectivity index (χ1n) is 14.3. The zero-order chi connectivity index (χ0) is 41.4. The Morgan fingerprint density at radius 1 is 0.193 bits per heavy atom. The van der Waals surface area contributed by atoms with E-state index in [1.807, 2.05) is 64.2 Å². The van der Waals surface area contributed by atoms with Crippen molar-refractivity contribution in [1.82, 2.24) is 0 Å². The van der Waals surface area contributed by atoms with Crippen LogP contribution >= 0.6 is 0 Å². The molecule has 22 heteroatoms. The Hall–Kier alpha value is -3.94. The van der Waals surface area contributed by atoms with Crippen molar-refractivity contribution in [3.8, 4) is 0 Å². The second kappa shape index (κ2) is 19.2. The first-order valence-corrected chi connectivity index (χ1v) is 14.3. The van der Waals surface area contributed by atoms with Gasteiger partial charge in [0.25, 0.3) is 0 Å². The fourth-order valence-electron chi connectivity index (χ4n) is 5.52. The van der Waals surface area contributed by atoms with E-state index in [0.717, 1.165) is 0 Å². The third-order valence-corrected chi connectivity index (χ3v) is 7.82. The van der Waals surface area contributed by atoms with Gasteiger partial charge in [0.15, 0.2) is 69.8 Å². The second-order valence-corrected chi connectivity index (χ2v) is 10.7. The molecule has 4 aromatic carbocycles. The predicted octanol–water partition coefficient (Wildman–Crippen LogP) is 8.34. The molecule has 4 aromatic rings. The average Bonchev–Trinajstić information content (AvgIpc) is 3.96. The summed E-state index contributed by atoms with van der Waals surface area (Å²) < 4.78 is 294. The van der Waals surface area contributed by atoms with E-state index in [2.05, 4.69) is 0 Å². The Labute approximate surface area is 320 Å². The van der Waals surface area contributed by atoms with Gasteiger partial charge in [-0.2, -0.15) is 0 Å². The second-order valence-electron chi connectivity index (χ2n) is 10.7. The summed E-state index contributed by atoms with van der Waals surface area (Å²) in [7, 11) is 0. The Morgan fingerprint density at radius 3 is 0.386 bits per heavy atom. The van der Waals surface area contributed by atoms with Gasteiger partial charge in [0, 0.05) is 0 Å². The Bertz CT molecular complexity index is 1720. The molecule has 2 fully saturated rings. The predicted molar refractivity (Wildman–Crippen MR) is 159 cm³/mol. The molecule has 0 amide bonds. The third-order valence-electron chi connectivity index (χ3n) is 7.82. The van der Waals surface area contributed by atoms with Crippen LogP contribution in [0, 0.1) is 188 Å². The first kappa shape index (κ1) is 49.2. The molecule has 0 aromatic heterocycles. The third kappa shape index (κ3) is 8.21. The number of hydrogen-bond acceptors (Lipinski definition) is 0. The molecule has 2 saturated carbocycles. The van der Waals surface area contributed by atoms with Gasteiger partial charge in [0.2, 0.25) is 0 Å².